The molecule has 5 heterocycles. The molecule has 4 aromatic rings. The number of carbonyl (C=O) groups excluding carboxylic acids is 2. The molecule has 0 bridgehead atoms. The number of ether oxygens (including phenoxy) is 1. The summed E-state index contributed by atoms with van der Waals surface area (Å²) < 4.78 is 6.25. The van der Waals surface area contributed by atoms with Gasteiger partial charge >= 0.3 is 0 Å². The Bertz CT molecular complexity index is 1580. The summed E-state index contributed by atoms with van der Waals surface area (Å²) in [5.74, 6) is 2.31. The maximum absolute atomic E-state index is 13.5. The average Bonchev–Trinajstić information content (AvgIpc) is 3.41. The van der Waals surface area contributed by atoms with Crippen molar-refractivity contribution in [3.05, 3.63) is 66.0 Å². The number of nitrogens with zero attached hydrogens (tertiary/aromatic N) is 4. The maximum atomic E-state index is 13.5. The van der Waals surface area contributed by atoms with E-state index in [4.69, 9.17) is 4.74 Å². The van der Waals surface area contributed by atoms with Crippen molar-refractivity contribution in [1.82, 2.24) is 30.4 Å². The summed E-state index contributed by atoms with van der Waals surface area (Å²) >= 11 is 0. The molecule has 0 saturated carbocycles. The van der Waals surface area contributed by atoms with Gasteiger partial charge in [-0.05, 0) is 87.7 Å². The van der Waals surface area contributed by atoms with Gasteiger partial charge in [0.1, 0.15) is 22.7 Å². The number of pyridine rings is 2. The Morgan fingerprint density at radius 3 is 2.64 bits per heavy atom. The molecule has 0 spiro atoms. The molecule has 1 atom stereocenters. The van der Waals surface area contributed by atoms with Crippen LogP contribution in [0, 0.1) is 12.3 Å². The molecule has 3 aromatic heterocycles. The van der Waals surface area contributed by atoms with Crippen molar-refractivity contribution in [2.45, 2.75) is 45.6 Å². The van der Waals surface area contributed by atoms with Gasteiger partial charge in [-0.25, -0.2) is 9.97 Å². The lowest BCUT2D eigenvalue weighted by Crippen LogP contribution is -2.52. The highest BCUT2D eigenvalue weighted by molar-refractivity contribution is 6.03. The van der Waals surface area contributed by atoms with Gasteiger partial charge in [-0.3, -0.25) is 14.7 Å². The van der Waals surface area contributed by atoms with Gasteiger partial charge in [0.15, 0.2) is 11.5 Å². The maximum Gasteiger partial charge on any atom is 0.256 e. The number of aromatic amines is 1. The zero-order chi connectivity index (χ0) is 29.1. The number of fused-ring (bicyclic) bond motifs is 1. The molecule has 4 N–H and O–H groups in total. The highest BCUT2D eigenvalue weighted by Gasteiger charge is 2.39. The van der Waals surface area contributed by atoms with Crippen molar-refractivity contribution in [2.24, 2.45) is 5.41 Å². The quantitative estimate of drug-likeness (QED) is 0.256. The molecule has 0 aliphatic carbocycles. The minimum atomic E-state index is -0.301. The fourth-order valence-electron chi connectivity index (χ4n) is 5.75. The number of hydrogen-bond acceptors (Lipinski definition) is 8. The second-order valence-corrected chi connectivity index (χ2v) is 11.4. The van der Waals surface area contributed by atoms with Gasteiger partial charge < -0.3 is 25.6 Å². The number of aryl methyl sites for hydroxylation is 1. The molecule has 2 aliphatic heterocycles. The fourth-order valence-corrected chi connectivity index (χ4v) is 5.75. The third kappa shape index (κ3) is 5.91. The molecule has 1 aromatic carbocycles. The van der Waals surface area contributed by atoms with Crippen LogP contribution in [0.15, 0.2) is 54.9 Å². The Balaban J connectivity index is 1.14. The first-order valence-electron chi connectivity index (χ1n) is 14.5. The predicted molar refractivity (Wildman–Crippen MR) is 161 cm³/mol. The lowest BCUT2D eigenvalue weighted by Gasteiger charge is -2.41. The van der Waals surface area contributed by atoms with Crippen molar-refractivity contribution in [1.29, 1.82) is 0 Å². The summed E-state index contributed by atoms with van der Waals surface area (Å²) in [5.41, 5.74) is 1.81. The van der Waals surface area contributed by atoms with E-state index in [2.05, 4.69) is 43.0 Å². The van der Waals surface area contributed by atoms with E-state index in [0.717, 1.165) is 56.3 Å². The number of aromatic nitrogens is 4. The lowest BCUT2D eigenvalue weighted by molar-refractivity contribution is -0.143. The number of amides is 2. The van der Waals surface area contributed by atoms with Crippen LogP contribution in [-0.2, 0) is 4.79 Å². The summed E-state index contributed by atoms with van der Waals surface area (Å²) in [5, 5.41) is 18.0. The van der Waals surface area contributed by atoms with Crippen LogP contribution in [0.2, 0.25) is 0 Å². The molecule has 2 fully saturated rings. The number of piperidine rings is 2. The van der Waals surface area contributed by atoms with Crippen LogP contribution in [0.3, 0.4) is 0 Å². The number of anilines is 2. The van der Waals surface area contributed by atoms with Crippen LogP contribution in [-0.4, -0.2) is 69.1 Å². The SMILES string of the molecule is Cc1ccnc(NC(=O)c2ccc(Oc3ccnc4[nH]nc(NC5CCCN(C(=O)C6(C)CCNCC6)C5)c34)cc2)c1. The summed E-state index contributed by atoms with van der Waals surface area (Å²) in [4.78, 5) is 36.8. The zero-order valence-corrected chi connectivity index (χ0v) is 23.9. The number of nitrogens with one attached hydrogen (secondary N) is 4. The summed E-state index contributed by atoms with van der Waals surface area (Å²) in [6.45, 7) is 7.23. The van der Waals surface area contributed by atoms with Gasteiger partial charge in [0.2, 0.25) is 5.91 Å². The molecule has 11 nitrogen and oxygen atoms in total. The number of H-pyrrole nitrogens is 1. The monoisotopic (exact) mass is 568 g/mol. The number of likely N-dealkylation sites (tertiary alicyclic amines) is 1. The molecule has 1 unspecified atom stereocenters. The van der Waals surface area contributed by atoms with Gasteiger partial charge in [-0.1, -0.05) is 6.92 Å². The van der Waals surface area contributed by atoms with E-state index in [1.165, 1.54) is 0 Å². The number of hydrogen-bond donors (Lipinski definition) is 4. The van der Waals surface area contributed by atoms with Crippen LogP contribution < -0.4 is 20.7 Å². The van der Waals surface area contributed by atoms with Crippen molar-refractivity contribution >= 4 is 34.5 Å². The highest BCUT2D eigenvalue weighted by Crippen LogP contribution is 2.35. The van der Waals surface area contributed by atoms with E-state index in [1.54, 1.807) is 42.7 Å². The summed E-state index contributed by atoms with van der Waals surface area (Å²) in [6, 6.07) is 12.5. The summed E-state index contributed by atoms with van der Waals surface area (Å²) in [6.07, 6.45) is 6.93. The second-order valence-electron chi connectivity index (χ2n) is 11.4. The normalized spacial score (nSPS) is 18.4. The van der Waals surface area contributed by atoms with Gasteiger partial charge in [0.25, 0.3) is 5.91 Å². The van der Waals surface area contributed by atoms with Crippen LogP contribution >= 0.6 is 0 Å². The molecule has 0 radical (unpaired) electrons. The molecule has 2 aliphatic rings. The third-order valence-electron chi connectivity index (χ3n) is 8.20. The molecular weight excluding hydrogens is 532 g/mol. The first-order valence-corrected chi connectivity index (χ1v) is 14.5. The van der Waals surface area contributed by atoms with Crippen molar-refractivity contribution in [3.8, 4) is 11.5 Å². The molecule has 6 rings (SSSR count). The largest absolute Gasteiger partial charge is 0.456 e. The van der Waals surface area contributed by atoms with Crippen molar-refractivity contribution in [2.75, 3.05) is 36.8 Å². The Labute approximate surface area is 244 Å². The minimum absolute atomic E-state index is 0.0632. The van der Waals surface area contributed by atoms with E-state index in [-0.39, 0.29) is 23.3 Å². The first kappa shape index (κ1) is 27.6. The van der Waals surface area contributed by atoms with E-state index < -0.39 is 0 Å². The molecule has 42 heavy (non-hydrogen) atoms. The number of rotatable bonds is 7. The number of benzene rings is 1. The Morgan fingerprint density at radius 1 is 1.07 bits per heavy atom. The van der Waals surface area contributed by atoms with Crippen molar-refractivity contribution in [3.63, 3.8) is 0 Å². The smallest absolute Gasteiger partial charge is 0.256 e. The molecule has 2 saturated heterocycles. The molecule has 2 amide bonds. The fraction of sp³-hybridized carbons (Fsp3) is 0.387. The van der Waals surface area contributed by atoms with Gasteiger partial charge in [-0.15, -0.1) is 0 Å². The Hall–Kier alpha value is -4.51. The average molecular weight is 569 g/mol. The van der Waals surface area contributed by atoms with Crippen LogP contribution in [0.1, 0.15) is 48.5 Å². The minimum Gasteiger partial charge on any atom is -0.456 e. The topological polar surface area (TPSA) is 137 Å². The summed E-state index contributed by atoms with van der Waals surface area (Å²) in [7, 11) is 0. The molecule has 11 heteroatoms. The van der Waals surface area contributed by atoms with E-state index in [1.807, 2.05) is 24.0 Å². The van der Waals surface area contributed by atoms with Gasteiger partial charge in [0.05, 0.1) is 0 Å². The zero-order valence-electron chi connectivity index (χ0n) is 23.9. The molecule has 218 valence electrons. The Kier molecular flexibility index (Phi) is 7.75. The number of carbonyl (C=O) groups is 2. The van der Waals surface area contributed by atoms with Gasteiger partial charge in [-0.2, -0.15) is 5.10 Å². The van der Waals surface area contributed by atoms with E-state index in [9.17, 15) is 9.59 Å². The lowest BCUT2D eigenvalue weighted by atomic mass is 9.79. The highest BCUT2D eigenvalue weighted by atomic mass is 16.5. The third-order valence-corrected chi connectivity index (χ3v) is 8.20. The van der Waals surface area contributed by atoms with Crippen LogP contribution in [0.4, 0.5) is 11.6 Å². The van der Waals surface area contributed by atoms with Gasteiger partial charge in [0, 0.05) is 48.6 Å². The van der Waals surface area contributed by atoms with E-state index in [0.29, 0.717) is 40.9 Å². The molecular formula is C31H36N8O3. The Morgan fingerprint density at radius 2 is 1.86 bits per heavy atom. The van der Waals surface area contributed by atoms with Crippen LogP contribution in [0.25, 0.3) is 11.0 Å². The van der Waals surface area contributed by atoms with E-state index >= 15 is 0 Å². The first-order chi connectivity index (χ1) is 20.4. The van der Waals surface area contributed by atoms with Crippen molar-refractivity contribution < 1.29 is 14.3 Å². The standard InChI is InChI=1S/C31H36N8O3/c1-20-9-13-33-25(18-20)36-29(40)21-5-7-23(8-6-21)42-24-10-14-34-27-26(24)28(38-37-27)35-22-4-3-17-39(19-22)30(41)31(2)11-15-32-16-12-31/h5-10,13-14,18,22,32H,3-4,11-12,15-17,19H2,1-2H3,(H,33,36,40)(H2,34,35,37,38). The van der Waals surface area contributed by atoms with Crippen LogP contribution in [0.5, 0.6) is 11.5 Å². The predicted octanol–water partition coefficient (Wildman–Crippen LogP) is 4.50. The second kappa shape index (κ2) is 11.8.